The van der Waals surface area contributed by atoms with Crippen LogP contribution in [0.1, 0.15) is 47.5 Å². The fraction of sp³-hybridized carbons (Fsp3) is 0.261. The number of aromatic carboxylic acids is 1. The van der Waals surface area contributed by atoms with Crippen molar-refractivity contribution in [2.75, 3.05) is 5.32 Å². The van der Waals surface area contributed by atoms with Crippen LogP contribution in [0.15, 0.2) is 54.9 Å². The quantitative estimate of drug-likeness (QED) is 0.593. The van der Waals surface area contributed by atoms with Gasteiger partial charge in [-0.3, -0.25) is 0 Å². The summed E-state index contributed by atoms with van der Waals surface area (Å²) >= 11 is 0. The third-order valence-corrected chi connectivity index (χ3v) is 5.17. The second kappa shape index (κ2) is 7.20. The van der Waals surface area contributed by atoms with Gasteiger partial charge in [-0.15, -0.1) is 0 Å². The molecule has 6 nitrogen and oxygen atoms in total. The van der Waals surface area contributed by atoms with Gasteiger partial charge >= 0.3 is 5.97 Å². The number of carboxylic acids is 1. The summed E-state index contributed by atoms with van der Waals surface area (Å²) in [5, 5.41) is 12.7. The van der Waals surface area contributed by atoms with Crippen LogP contribution < -0.4 is 10.1 Å². The van der Waals surface area contributed by atoms with Crippen molar-refractivity contribution in [2.45, 2.75) is 37.7 Å². The van der Waals surface area contributed by atoms with Gasteiger partial charge in [-0.25, -0.2) is 14.8 Å². The van der Waals surface area contributed by atoms with Gasteiger partial charge in [0, 0.05) is 5.56 Å². The summed E-state index contributed by atoms with van der Waals surface area (Å²) in [6.45, 7) is 0. The fourth-order valence-electron chi connectivity index (χ4n) is 3.30. The third kappa shape index (κ3) is 4.06. The lowest BCUT2D eigenvalue weighted by Crippen LogP contribution is -2.04. The molecule has 29 heavy (non-hydrogen) atoms. The van der Waals surface area contributed by atoms with Gasteiger partial charge in [0.05, 0.1) is 35.4 Å². The highest BCUT2D eigenvalue weighted by molar-refractivity contribution is 5.95. The zero-order valence-corrected chi connectivity index (χ0v) is 15.8. The minimum atomic E-state index is -0.944. The smallest absolute Gasteiger partial charge is 0.337 e. The van der Waals surface area contributed by atoms with E-state index < -0.39 is 5.97 Å². The molecule has 0 atom stereocenters. The van der Waals surface area contributed by atoms with E-state index >= 15 is 0 Å². The molecule has 2 aliphatic carbocycles. The van der Waals surface area contributed by atoms with Gasteiger partial charge < -0.3 is 15.2 Å². The molecule has 146 valence electrons. The lowest BCUT2D eigenvalue weighted by Gasteiger charge is -2.11. The molecule has 0 radical (unpaired) electrons. The number of hydrogen-bond donors (Lipinski definition) is 2. The summed E-state index contributed by atoms with van der Waals surface area (Å²) < 4.78 is 5.83. The Kier molecular flexibility index (Phi) is 4.39. The van der Waals surface area contributed by atoms with Crippen LogP contribution in [0.2, 0.25) is 0 Å². The SMILES string of the molecule is O=C(O)c1cc(C2CC2)ccc1Nc1cnc(-c2cccc(OC3CC3)c2)nc1. The summed E-state index contributed by atoms with van der Waals surface area (Å²) in [4.78, 5) is 20.5. The second-order valence-electron chi connectivity index (χ2n) is 7.65. The number of rotatable bonds is 7. The molecule has 1 aromatic heterocycles. The minimum absolute atomic E-state index is 0.267. The number of nitrogens with one attached hydrogen (secondary N) is 1. The Bertz CT molecular complexity index is 1060. The molecule has 6 heteroatoms. The van der Waals surface area contributed by atoms with Crippen LogP contribution in [0.5, 0.6) is 5.75 Å². The Morgan fingerprint density at radius 3 is 2.52 bits per heavy atom. The van der Waals surface area contributed by atoms with Gasteiger partial charge in [0.15, 0.2) is 5.82 Å². The zero-order chi connectivity index (χ0) is 19.8. The molecule has 0 bridgehead atoms. The van der Waals surface area contributed by atoms with E-state index in [1.807, 2.05) is 36.4 Å². The van der Waals surface area contributed by atoms with E-state index in [9.17, 15) is 9.90 Å². The molecule has 2 fully saturated rings. The van der Waals surface area contributed by atoms with Crippen molar-refractivity contribution in [3.8, 4) is 17.1 Å². The van der Waals surface area contributed by atoms with Crippen molar-refractivity contribution < 1.29 is 14.6 Å². The lowest BCUT2D eigenvalue weighted by molar-refractivity contribution is 0.0698. The highest BCUT2D eigenvalue weighted by Gasteiger charge is 2.25. The number of hydrogen-bond acceptors (Lipinski definition) is 5. The molecule has 0 spiro atoms. The molecular weight excluding hydrogens is 366 g/mol. The first kappa shape index (κ1) is 17.7. The Morgan fingerprint density at radius 1 is 1.03 bits per heavy atom. The van der Waals surface area contributed by atoms with Crippen LogP contribution in [0.4, 0.5) is 11.4 Å². The number of carbonyl (C=O) groups is 1. The predicted octanol–water partition coefficient (Wildman–Crippen LogP) is 5.00. The van der Waals surface area contributed by atoms with Crippen LogP contribution in [0.25, 0.3) is 11.4 Å². The third-order valence-electron chi connectivity index (χ3n) is 5.17. The maximum atomic E-state index is 11.7. The molecular formula is C23H21N3O3. The molecule has 0 unspecified atom stereocenters. The largest absolute Gasteiger partial charge is 0.490 e. The predicted molar refractivity (Wildman–Crippen MR) is 110 cm³/mol. The van der Waals surface area contributed by atoms with Crippen LogP contribution in [0, 0.1) is 0 Å². The van der Waals surface area contributed by atoms with Crippen molar-refractivity contribution in [3.63, 3.8) is 0 Å². The van der Waals surface area contributed by atoms with E-state index in [1.54, 1.807) is 18.5 Å². The molecule has 0 saturated heterocycles. The summed E-state index contributed by atoms with van der Waals surface area (Å²) in [5.41, 5.74) is 3.42. The molecule has 0 aliphatic heterocycles. The molecule has 2 aliphatic rings. The molecule has 1 heterocycles. The first-order valence-corrected chi connectivity index (χ1v) is 9.89. The Morgan fingerprint density at radius 2 is 1.83 bits per heavy atom. The average molecular weight is 387 g/mol. The van der Waals surface area contributed by atoms with Crippen molar-refractivity contribution in [1.29, 1.82) is 0 Å². The number of nitrogens with zero attached hydrogens (tertiary/aromatic N) is 2. The summed E-state index contributed by atoms with van der Waals surface area (Å²) in [6, 6.07) is 13.3. The van der Waals surface area contributed by atoms with E-state index in [-0.39, 0.29) is 5.56 Å². The second-order valence-corrected chi connectivity index (χ2v) is 7.65. The van der Waals surface area contributed by atoms with Crippen LogP contribution in [0.3, 0.4) is 0 Å². The maximum Gasteiger partial charge on any atom is 0.337 e. The van der Waals surface area contributed by atoms with E-state index in [4.69, 9.17) is 4.74 Å². The summed E-state index contributed by atoms with van der Waals surface area (Å²) in [5.74, 6) is 0.987. The fourth-order valence-corrected chi connectivity index (χ4v) is 3.30. The topological polar surface area (TPSA) is 84.3 Å². The highest BCUT2D eigenvalue weighted by Crippen LogP contribution is 2.41. The first-order chi connectivity index (χ1) is 14.2. The minimum Gasteiger partial charge on any atom is -0.490 e. The number of anilines is 2. The van der Waals surface area contributed by atoms with E-state index in [2.05, 4.69) is 15.3 Å². The molecule has 2 N–H and O–H groups in total. The molecule has 3 aromatic rings. The molecule has 2 aromatic carbocycles. The van der Waals surface area contributed by atoms with Crippen molar-refractivity contribution >= 4 is 17.3 Å². The first-order valence-electron chi connectivity index (χ1n) is 9.89. The van der Waals surface area contributed by atoms with Gasteiger partial charge in [0.1, 0.15) is 5.75 Å². The number of benzene rings is 2. The number of carboxylic acid groups (broad SMARTS) is 1. The lowest BCUT2D eigenvalue weighted by atomic mass is 10.0. The van der Waals surface area contributed by atoms with E-state index in [1.165, 1.54) is 0 Å². The molecule has 5 rings (SSSR count). The van der Waals surface area contributed by atoms with Gasteiger partial charge in [-0.05, 0) is 61.4 Å². The number of aromatic nitrogens is 2. The van der Waals surface area contributed by atoms with Crippen LogP contribution in [-0.4, -0.2) is 27.1 Å². The Balaban J connectivity index is 1.35. The maximum absolute atomic E-state index is 11.7. The van der Waals surface area contributed by atoms with Crippen molar-refractivity contribution in [2.24, 2.45) is 0 Å². The standard InChI is InChI=1S/C23H21N3O3/c27-23(28)20-11-15(14-4-5-14)6-9-21(20)26-17-12-24-22(25-13-17)16-2-1-3-19(10-16)29-18-7-8-18/h1-3,6,9-14,18,26H,4-5,7-8H2,(H,27,28). The van der Waals surface area contributed by atoms with Gasteiger partial charge in [0.25, 0.3) is 0 Å². The Labute approximate surface area is 168 Å². The number of ether oxygens (including phenoxy) is 1. The Hall–Kier alpha value is -3.41. The average Bonchev–Trinajstić information content (AvgIpc) is 3.64. The van der Waals surface area contributed by atoms with Crippen LogP contribution in [-0.2, 0) is 0 Å². The van der Waals surface area contributed by atoms with E-state index in [0.717, 1.165) is 42.6 Å². The van der Waals surface area contributed by atoms with E-state index in [0.29, 0.717) is 29.2 Å². The van der Waals surface area contributed by atoms with Crippen LogP contribution >= 0.6 is 0 Å². The molecule has 0 amide bonds. The van der Waals surface area contributed by atoms with Crippen molar-refractivity contribution in [1.82, 2.24) is 9.97 Å². The zero-order valence-electron chi connectivity index (χ0n) is 15.8. The van der Waals surface area contributed by atoms with Gasteiger partial charge in [0.2, 0.25) is 0 Å². The molecule has 2 saturated carbocycles. The van der Waals surface area contributed by atoms with Gasteiger partial charge in [-0.2, -0.15) is 0 Å². The normalized spacial score (nSPS) is 15.7. The summed E-state index contributed by atoms with van der Waals surface area (Å²) in [7, 11) is 0. The summed E-state index contributed by atoms with van der Waals surface area (Å²) in [6.07, 6.45) is 8.16. The van der Waals surface area contributed by atoms with Gasteiger partial charge in [-0.1, -0.05) is 18.2 Å². The van der Waals surface area contributed by atoms with Crippen molar-refractivity contribution in [3.05, 3.63) is 66.0 Å². The highest BCUT2D eigenvalue weighted by atomic mass is 16.5. The monoisotopic (exact) mass is 387 g/mol.